The predicted molar refractivity (Wildman–Crippen MR) is 105 cm³/mol. The Morgan fingerprint density at radius 3 is 2.64 bits per heavy atom. The zero-order valence-corrected chi connectivity index (χ0v) is 16.9. The Kier molecular flexibility index (Phi) is 5.87. The van der Waals surface area contributed by atoms with Gasteiger partial charge in [-0.3, -0.25) is 4.79 Å². The van der Waals surface area contributed by atoms with Gasteiger partial charge in [0.25, 0.3) is 5.91 Å². The zero-order chi connectivity index (χ0) is 20.5. The summed E-state index contributed by atoms with van der Waals surface area (Å²) >= 11 is 8.17. The van der Waals surface area contributed by atoms with E-state index in [1.807, 2.05) is 11.6 Å². The molecular weight excluding hydrogens is 460 g/mol. The number of halogens is 4. The summed E-state index contributed by atoms with van der Waals surface area (Å²) < 4.78 is 32.0. The second kappa shape index (κ2) is 8.02. The van der Waals surface area contributed by atoms with Gasteiger partial charge in [-0.25, -0.2) is 4.98 Å². The number of fused-ring (bicyclic) bond motifs is 1. The summed E-state index contributed by atoms with van der Waals surface area (Å²) in [5.74, 6) is 0.169. The predicted octanol–water partition coefficient (Wildman–Crippen LogP) is 4.29. The molecule has 0 spiro atoms. The number of aryl methyl sites for hydroxylation is 1. The number of carbonyl (C=O) groups is 1. The number of aromatic nitrogens is 2. The number of carbonyl (C=O) groups excluding carboxylic acids is 1. The number of imidazole rings is 1. The fraction of sp³-hybridized carbons (Fsp3) is 0.222. The van der Waals surface area contributed by atoms with E-state index in [0.29, 0.717) is 33.5 Å². The molecular formula is C18H15BrClF2N3O3. The van der Waals surface area contributed by atoms with E-state index in [2.05, 4.69) is 31.0 Å². The Bertz CT molecular complexity index is 1020. The van der Waals surface area contributed by atoms with Gasteiger partial charge in [-0.1, -0.05) is 0 Å². The molecule has 28 heavy (non-hydrogen) atoms. The minimum atomic E-state index is -3.80. The van der Waals surface area contributed by atoms with Gasteiger partial charge in [0.15, 0.2) is 0 Å². The number of rotatable bonds is 6. The van der Waals surface area contributed by atoms with Crippen molar-refractivity contribution in [2.24, 2.45) is 7.05 Å². The van der Waals surface area contributed by atoms with Crippen molar-refractivity contribution in [3.63, 3.8) is 0 Å². The highest BCUT2D eigenvalue weighted by molar-refractivity contribution is 9.10. The van der Waals surface area contributed by atoms with Crippen molar-refractivity contribution >= 4 is 50.2 Å². The molecule has 0 fully saturated rings. The Morgan fingerprint density at radius 1 is 1.36 bits per heavy atom. The highest BCUT2D eigenvalue weighted by Crippen LogP contribution is 2.28. The van der Waals surface area contributed by atoms with Crippen LogP contribution >= 0.6 is 27.5 Å². The number of ether oxygens (including phenoxy) is 1. The van der Waals surface area contributed by atoms with Gasteiger partial charge < -0.3 is 19.7 Å². The molecule has 3 aromatic rings. The fourth-order valence-corrected chi connectivity index (χ4v) is 3.55. The molecule has 1 aromatic heterocycles. The molecule has 6 nitrogen and oxygen atoms in total. The standard InChI is InChI=1S/C18H15BrClF2N3O3/c1-25-15(6-7-26)24-14-9-10(8-13(19)16(14)25)17(27)23-11-2-4-12(5-3-11)28-18(20,21)22/h2-5,8-9,26H,6-7H2,1H3,(H,23,27). The van der Waals surface area contributed by atoms with E-state index >= 15 is 0 Å². The van der Waals surface area contributed by atoms with Crippen LogP contribution in [0.3, 0.4) is 0 Å². The SMILES string of the molecule is Cn1c(CCO)nc2cc(C(=O)Nc3ccc(OC(F)(F)Cl)cc3)cc(Br)c21. The van der Waals surface area contributed by atoms with Crippen LogP contribution in [0, 0.1) is 0 Å². The summed E-state index contributed by atoms with van der Waals surface area (Å²) in [5, 5.41) is 11.8. The van der Waals surface area contributed by atoms with Crippen LogP contribution in [-0.2, 0) is 13.5 Å². The molecule has 3 rings (SSSR count). The first-order valence-corrected chi connectivity index (χ1v) is 9.28. The fourth-order valence-electron chi connectivity index (χ4n) is 2.74. The highest BCUT2D eigenvalue weighted by atomic mass is 79.9. The highest BCUT2D eigenvalue weighted by Gasteiger charge is 2.27. The Hall–Kier alpha value is -2.23. The van der Waals surface area contributed by atoms with E-state index in [0.717, 1.165) is 5.52 Å². The van der Waals surface area contributed by atoms with Crippen molar-refractivity contribution in [1.82, 2.24) is 9.55 Å². The van der Waals surface area contributed by atoms with E-state index in [1.165, 1.54) is 24.3 Å². The van der Waals surface area contributed by atoms with Crippen LogP contribution < -0.4 is 10.1 Å². The molecule has 0 aliphatic heterocycles. The maximum absolute atomic E-state index is 12.6. The smallest absolute Gasteiger partial charge is 0.420 e. The average Bonchev–Trinajstić information content (AvgIpc) is 2.92. The number of nitrogens with zero attached hydrogens (tertiary/aromatic N) is 2. The lowest BCUT2D eigenvalue weighted by Gasteiger charge is -2.11. The normalized spacial score (nSPS) is 11.6. The van der Waals surface area contributed by atoms with Gasteiger partial charge in [0.2, 0.25) is 0 Å². The molecule has 0 saturated heterocycles. The van der Waals surface area contributed by atoms with Crippen LogP contribution in [-0.4, -0.2) is 32.7 Å². The van der Waals surface area contributed by atoms with Crippen LogP contribution in [0.4, 0.5) is 14.5 Å². The van der Waals surface area contributed by atoms with Crippen LogP contribution in [0.25, 0.3) is 11.0 Å². The Morgan fingerprint density at radius 2 is 2.04 bits per heavy atom. The van der Waals surface area contributed by atoms with Crippen LogP contribution in [0.1, 0.15) is 16.2 Å². The number of hydrogen-bond acceptors (Lipinski definition) is 4. The molecule has 2 N–H and O–H groups in total. The minimum Gasteiger partial charge on any atom is -0.420 e. The number of amides is 1. The first-order chi connectivity index (χ1) is 13.2. The van der Waals surface area contributed by atoms with Crippen molar-refractivity contribution in [1.29, 1.82) is 0 Å². The first-order valence-electron chi connectivity index (χ1n) is 8.11. The molecule has 10 heteroatoms. The number of aliphatic hydroxyl groups excluding tert-OH is 1. The lowest BCUT2D eigenvalue weighted by atomic mass is 10.2. The molecule has 1 amide bonds. The Balaban J connectivity index is 1.81. The average molecular weight is 475 g/mol. The summed E-state index contributed by atoms with van der Waals surface area (Å²) in [6.07, 6.45) is 0.398. The van der Waals surface area contributed by atoms with E-state index in [4.69, 9.17) is 16.7 Å². The number of benzene rings is 2. The summed E-state index contributed by atoms with van der Waals surface area (Å²) in [5.41, 5.74) is -1.62. The van der Waals surface area contributed by atoms with Crippen LogP contribution in [0.15, 0.2) is 40.9 Å². The molecule has 148 valence electrons. The maximum Gasteiger partial charge on any atom is 0.487 e. The van der Waals surface area contributed by atoms with E-state index in [-0.39, 0.29) is 12.4 Å². The van der Waals surface area contributed by atoms with E-state index in [1.54, 1.807) is 12.1 Å². The lowest BCUT2D eigenvalue weighted by Crippen LogP contribution is -2.15. The third-order valence-corrected chi connectivity index (χ3v) is 4.64. The number of alkyl halides is 3. The van der Waals surface area contributed by atoms with Crippen molar-refractivity contribution < 1.29 is 23.4 Å². The molecule has 0 aliphatic carbocycles. The van der Waals surface area contributed by atoms with Crippen LogP contribution in [0.2, 0.25) is 0 Å². The summed E-state index contributed by atoms with van der Waals surface area (Å²) in [4.78, 5) is 17.0. The largest absolute Gasteiger partial charge is 0.487 e. The first kappa shape index (κ1) is 20.5. The van der Waals surface area contributed by atoms with Gasteiger partial charge in [0.1, 0.15) is 11.6 Å². The van der Waals surface area contributed by atoms with E-state index in [9.17, 15) is 13.6 Å². The third kappa shape index (κ3) is 4.60. The third-order valence-electron chi connectivity index (χ3n) is 3.96. The number of anilines is 1. The van der Waals surface area contributed by atoms with Crippen LogP contribution in [0.5, 0.6) is 5.75 Å². The van der Waals surface area contributed by atoms with Gasteiger partial charge in [-0.15, -0.1) is 8.78 Å². The molecule has 2 aromatic carbocycles. The number of nitrogens with one attached hydrogen (secondary N) is 1. The van der Waals surface area contributed by atoms with Gasteiger partial charge >= 0.3 is 5.57 Å². The van der Waals surface area contributed by atoms with Crippen molar-refractivity contribution in [3.8, 4) is 5.75 Å². The van der Waals surface area contributed by atoms with Crippen molar-refractivity contribution in [3.05, 3.63) is 52.3 Å². The molecule has 0 aliphatic rings. The van der Waals surface area contributed by atoms with Crippen molar-refractivity contribution in [2.75, 3.05) is 11.9 Å². The second-order valence-corrected chi connectivity index (χ2v) is 7.21. The van der Waals surface area contributed by atoms with Gasteiger partial charge in [0.05, 0.1) is 17.6 Å². The molecule has 0 radical (unpaired) electrons. The number of aliphatic hydroxyl groups is 1. The lowest BCUT2D eigenvalue weighted by molar-refractivity contribution is -0.0964. The maximum atomic E-state index is 12.6. The number of hydrogen-bond donors (Lipinski definition) is 2. The van der Waals surface area contributed by atoms with Gasteiger partial charge in [-0.05, 0) is 52.3 Å². The minimum absolute atomic E-state index is 0.0303. The summed E-state index contributed by atoms with van der Waals surface area (Å²) in [6, 6.07) is 8.68. The summed E-state index contributed by atoms with van der Waals surface area (Å²) in [6.45, 7) is -0.0303. The summed E-state index contributed by atoms with van der Waals surface area (Å²) in [7, 11) is 1.83. The molecule has 0 saturated carbocycles. The molecule has 1 heterocycles. The van der Waals surface area contributed by atoms with Crippen molar-refractivity contribution in [2.45, 2.75) is 12.0 Å². The van der Waals surface area contributed by atoms with Gasteiger partial charge in [0, 0.05) is 40.8 Å². The quantitative estimate of drug-likeness (QED) is 0.523. The molecule has 0 atom stereocenters. The topological polar surface area (TPSA) is 76.4 Å². The molecule has 0 bridgehead atoms. The Labute approximate surface area is 172 Å². The second-order valence-electron chi connectivity index (χ2n) is 5.91. The monoisotopic (exact) mass is 473 g/mol. The molecule has 0 unspecified atom stereocenters. The zero-order valence-electron chi connectivity index (χ0n) is 14.5. The van der Waals surface area contributed by atoms with Gasteiger partial charge in [-0.2, -0.15) is 0 Å². The van der Waals surface area contributed by atoms with E-state index < -0.39 is 11.5 Å².